The van der Waals surface area contributed by atoms with Gasteiger partial charge in [0.25, 0.3) is 0 Å². The Labute approximate surface area is 154 Å². The molecule has 0 aliphatic carbocycles. The van der Waals surface area contributed by atoms with Gasteiger partial charge in [0.05, 0.1) is 6.54 Å². The number of nitrogens with one attached hydrogen (secondary N) is 2. The van der Waals surface area contributed by atoms with Gasteiger partial charge in [-0.05, 0) is 50.1 Å². The third-order valence-corrected chi connectivity index (χ3v) is 5.17. The molecule has 1 saturated heterocycles. The fraction of sp³-hybridized carbons (Fsp3) is 0.562. The SMILES string of the molecule is CCNC(=NCc1ccc(O)cc1)NCC1(C)CCCS1.I. The highest BCUT2D eigenvalue weighted by Crippen LogP contribution is 2.36. The van der Waals surface area contributed by atoms with Gasteiger partial charge in [-0.15, -0.1) is 24.0 Å². The molecule has 1 aromatic rings. The fourth-order valence-corrected chi connectivity index (χ4v) is 3.60. The van der Waals surface area contributed by atoms with E-state index in [-0.39, 0.29) is 24.0 Å². The van der Waals surface area contributed by atoms with Crippen molar-refractivity contribution in [2.24, 2.45) is 4.99 Å². The maximum Gasteiger partial charge on any atom is 0.191 e. The Morgan fingerprint density at radius 3 is 2.64 bits per heavy atom. The largest absolute Gasteiger partial charge is 0.508 e. The van der Waals surface area contributed by atoms with Crippen molar-refractivity contribution in [3.05, 3.63) is 29.8 Å². The third kappa shape index (κ3) is 6.24. The Balaban J connectivity index is 0.00000242. The van der Waals surface area contributed by atoms with Gasteiger partial charge in [-0.25, -0.2) is 4.99 Å². The number of hydrogen-bond donors (Lipinski definition) is 3. The molecule has 6 heteroatoms. The quantitative estimate of drug-likeness (QED) is 0.377. The zero-order valence-corrected chi connectivity index (χ0v) is 16.4. The molecule has 0 radical (unpaired) electrons. The van der Waals surface area contributed by atoms with Gasteiger partial charge in [-0.2, -0.15) is 11.8 Å². The number of nitrogens with zero attached hydrogens (tertiary/aromatic N) is 1. The standard InChI is InChI=1S/C16H25N3OS.HI/c1-3-17-15(19-12-16(2)9-4-10-21-16)18-11-13-5-7-14(20)8-6-13;/h5-8,20H,3-4,9-12H2,1-2H3,(H2,17,18,19);1H. The highest BCUT2D eigenvalue weighted by Gasteiger charge is 2.29. The zero-order chi connectivity index (χ0) is 15.1. The van der Waals surface area contributed by atoms with Gasteiger partial charge in [0.15, 0.2) is 5.96 Å². The Morgan fingerprint density at radius 2 is 2.05 bits per heavy atom. The summed E-state index contributed by atoms with van der Waals surface area (Å²) in [4.78, 5) is 4.61. The molecule has 1 aliphatic heterocycles. The molecule has 4 nitrogen and oxygen atoms in total. The first kappa shape index (κ1) is 19.4. The number of phenolic OH excluding ortho intramolecular Hbond substituents is 1. The van der Waals surface area contributed by atoms with Crippen molar-refractivity contribution in [1.29, 1.82) is 0 Å². The van der Waals surface area contributed by atoms with E-state index < -0.39 is 0 Å². The molecule has 1 aliphatic rings. The van der Waals surface area contributed by atoms with E-state index in [0.29, 0.717) is 17.0 Å². The van der Waals surface area contributed by atoms with Crippen LogP contribution in [0.5, 0.6) is 5.75 Å². The van der Waals surface area contributed by atoms with Gasteiger partial charge in [0.2, 0.25) is 0 Å². The smallest absolute Gasteiger partial charge is 0.191 e. The van der Waals surface area contributed by atoms with E-state index in [4.69, 9.17) is 0 Å². The van der Waals surface area contributed by atoms with Crippen LogP contribution in [0.3, 0.4) is 0 Å². The van der Waals surface area contributed by atoms with Crippen molar-refractivity contribution in [2.75, 3.05) is 18.8 Å². The van der Waals surface area contributed by atoms with E-state index in [2.05, 4.69) is 29.5 Å². The number of aromatic hydroxyl groups is 1. The summed E-state index contributed by atoms with van der Waals surface area (Å²) >= 11 is 2.05. The predicted molar refractivity (Wildman–Crippen MR) is 106 cm³/mol. The lowest BCUT2D eigenvalue weighted by Gasteiger charge is -2.24. The lowest BCUT2D eigenvalue weighted by atomic mass is 10.1. The molecule has 1 unspecified atom stereocenters. The van der Waals surface area contributed by atoms with Crippen LogP contribution in [-0.4, -0.2) is 34.7 Å². The number of thioether (sulfide) groups is 1. The number of halogens is 1. The monoisotopic (exact) mass is 435 g/mol. The molecule has 3 N–H and O–H groups in total. The molecular weight excluding hydrogens is 409 g/mol. The lowest BCUT2D eigenvalue weighted by Crippen LogP contribution is -2.43. The van der Waals surface area contributed by atoms with Crippen molar-refractivity contribution in [3.63, 3.8) is 0 Å². The molecule has 124 valence electrons. The highest BCUT2D eigenvalue weighted by molar-refractivity contribution is 14.0. The average Bonchev–Trinajstić information content (AvgIpc) is 2.91. The summed E-state index contributed by atoms with van der Waals surface area (Å²) in [7, 11) is 0. The molecule has 22 heavy (non-hydrogen) atoms. The van der Waals surface area contributed by atoms with Gasteiger partial charge in [-0.3, -0.25) is 0 Å². The summed E-state index contributed by atoms with van der Waals surface area (Å²) in [5.41, 5.74) is 1.09. The number of aliphatic imine (C=N–C) groups is 1. The van der Waals surface area contributed by atoms with Crippen molar-refractivity contribution < 1.29 is 5.11 Å². The number of hydrogen-bond acceptors (Lipinski definition) is 3. The van der Waals surface area contributed by atoms with Crippen LogP contribution in [0.15, 0.2) is 29.3 Å². The van der Waals surface area contributed by atoms with Gasteiger partial charge >= 0.3 is 0 Å². The van der Waals surface area contributed by atoms with Crippen molar-refractivity contribution in [1.82, 2.24) is 10.6 Å². The third-order valence-electron chi connectivity index (χ3n) is 3.63. The first-order chi connectivity index (χ1) is 10.1. The fourth-order valence-electron chi connectivity index (χ4n) is 2.36. The number of guanidine groups is 1. The Hall–Kier alpha value is -0.630. The molecule has 0 amide bonds. The summed E-state index contributed by atoms with van der Waals surface area (Å²) in [6.45, 7) is 6.80. The topological polar surface area (TPSA) is 56.7 Å². The number of phenols is 1. The first-order valence-corrected chi connectivity index (χ1v) is 8.54. The van der Waals surface area contributed by atoms with Crippen LogP contribution in [0.2, 0.25) is 0 Å². The van der Waals surface area contributed by atoms with Gasteiger partial charge < -0.3 is 15.7 Å². The molecule has 0 bridgehead atoms. The Kier molecular flexibility index (Phi) is 8.38. The summed E-state index contributed by atoms with van der Waals surface area (Å²) in [6, 6.07) is 7.19. The molecule has 0 spiro atoms. The van der Waals surface area contributed by atoms with Gasteiger partial charge in [-0.1, -0.05) is 12.1 Å². The van der Waals surface area contributed by atoms with Crippen LogP contribution < -0.4 is 10.6 Å². The second kappa shape index (κ2) is 9.50. The van der Waals surface area contributed by atoms with E-state index in [1.807, 2.05) is 23.9 Å². The summed E-state index contributed by atoms with van der Waals surface area (Å²) in [5, 5.41) is 16.0. The lowest BCUT2D eigenvalue weighted by molar-refractivity contribution is 0.475. The van der Waals surface area contributed by atoms with Crippen LogP contribution in [0, 0.1) is 0 Å². The van der Waals surface area contributed by atoms with Crippen LogP contribution in [0.25, 0.3) is 0 Å². The molecule has 0 saturated carbocycles. The second-order valence-corrected chi connectivity index (χ2v) is 7.30. The number of benzene rings is 1. The summed E-state index contributed by atoms with van der Waals surface area (Å²) < 4.78 is 0.328. The van der Waals surface area contributed by atoms with E-state index in [0.717, 1.165) is 24.6 Å². The summed E-state index contributed by atoms with van der Waals surface area (Å²) in [5.74, 6) is 2.41. The first-order valence-electron chi connectivity index (χ1n) is 7.55. The second-order valence-electron chi connectivity index (χ2n) is 5.62. The molecule has 2 rings (SSSR count). The van der Waals surface area contributed by atoms with Gasteiger partial charge in [0.1, 0.15) is 5.75 Å². The van der Waals surface area contributed by atoms with E-state index in [9.17, 15) is 5.11 Å². The van der Waals surface area contributed by atoms with E-state index >= 15 is 0 Å². The highest BCUT2D eigenvalue weighted by atomic mass is 127. The molecule has 1 heterocycles. The maximum absolute atomic E-state index is 9.29. The van der Waals surface area contributed by atoms with Crippen molar-refractivity contribution in [2.45, 2.75) is 38.0 Å². The molecule has 1 atom stereocenters. The minimum atomic E-state index is 0. The summed E-state index contributed by atoms with van der Waals surface area (Å²) in [6.07, 6.45) is 2.58. The van der Waals surface area contributed by atoms with Crippen LogP contribution >= 0.6 is 35.7 Å². The Morgan fingerprint density at radius 1 is 1.32 bits per heavy atom. The Bertz CT molecular complexity index is 473. The normalized spacial score (nSPS) is 21.3. The molecule has 1 aromatic carbocycles. The maximum atomic E-state index is 9.29. The zero-order valence-electron chi connectivity index (χ0n) is 13.3. The minimum absolute atomic E-state index is 0. The minimum Gasteiger partial charge on any atom is -0.508 e. The van der Waals surface area contributed by atoms with Crippen LogP contribution in [0.4, 0.5) is 0 Å². The van der Waals surface area contributed by atoms with Gasteiger partial charge in [0, 0.05) is 17.8 Å². The van der Waals surface area contributed by atoms with Crippen LogP contribution in [0.1, 0.15) is 32.3 Å². The van der Waals surface area contributed by atoms with Crippen LogP contribution in [-0.2, 0) is 6.54 Å². The predicted octanol–water partition coefficient (Wildman–Crippen LogP) is 3.35. The average molecular weight is 435 g/mol. The molecular formula is C16H26IN3OS. The molecule has 0 aromatic heterocycles. The van der Waals surface area contributed by atoms with Crippen molar-refractivity contribution in [3.8, 4) is 5.75 Å². The van der Waals surface area contributed by atoms with E-state index in [1.165, 1.54) is 18.6 Å². The van der Waals surface area contributed by atoms with Crippen molar-refractivity contribution >= 4 is 41.7 Å². The van der Waals surface area contributed by atoms with E-state index in [1.54, 1.807) is 12.1 Å². The molecule has 1 fully saturated rings. The number of rotatable bonds is 5.